The van der Waals surface area contributed by atoms with Crippen LogP contribution in [0.25, 0.3) is 0 Å². The summed E-state index contributed by atoms with van der Waals surface area (Å²) >= 11 is 0. The molecule has 0 unspecified atom stereocenters. The van der Waals surface area contributed by atoms with Gasteiger partial charge in [0.25, 0.3) is 0 Å². The van der Waals surface area contributed by atoms with E-state index in [1.54, 1.807) is 18.3 Å². The maximum Gasteiger partial charge on any atom is 0.321 e. The minimum absolute atomic E-state index is 0.0283. The van der Waals surface area contributed by atoms with Crippen LogP contribution in [-0.4, -0.2) is 64.2 Å². The molecule has 7 heteroatoms. The molecule has 5 rings (SSSR count). The van der Waals surface area contributed by atoms with Crippen LogP contribution in [0.1, 0.15) is 35.6 Å². The van der Waals surface area contributed by atoms with E-state index in [1.807, 2.05) is 35.2 Å². The zero-order chi connectivity index (χ0) is 24.9. The summed E-state index contributed by atoms with van der Waals surface area (Å²) in [5.74, 6) is 6.01. The first kappa shape index (κ1) is 24.0. The minimum atomic E-state index is -0.337. The average molecular weight is 485 g/mol. The predicted molar refractivity (Wildman–Crippen MR) is 137 cm³/mol. The Kier molecular flexibility index (Phi) is 7.26. The number of aromatic nitrogens is 1. The van der Waals surface area contributed by atoms with Gasteiger partial charge >= 0.3 is 6.03 Å². The standard InChI is InChI=1S/C29H29FN4O2/c30-23-11-14-25(15-12-23)32-29(36)33-17-3-4-18-34-26(19-33)28(27(34)20-35)22-9-6-21(7-10-22)8-13-24-5-1-2-16-31-24/h1-2,5-7,9-12,14-16,26-28,35H,3-4,17-20H2,(H,32,36)/t26-,27-,28+/m0/s1. The Morgan fingerprint density at radius 3 is 2.53 bits per heavy atom. The lowest BCUT2D eigenvalue weighted by atomic mass is 9.74. The number of halogens is 1. The molecule has 36 heavy (non-hydrogen) atoms. The van der Waals surface area contributed by atoms with E-state index in [1.165, 1.54) is 12.1 Å². The van der Waals surface area contributed by atoms with Gasteiger partial charge in [-0.1, -0.05) is 24.1 Å². The number of pyridine rings is 1. The number of hydrogen-bond acceptors (Lipinski definition) is 4. The number of anilines is 1. The molecule has 1 aromatic heterocycles. The van der Waals surface area contributed by atoms with Gasteiger partial charge in [0.15, 0.2) is 0 Å². The molecule has 3 heterocycles. The van der Waals surface area contributed by atoms with Crippen molar-refractivity contribution in [1.29, 1.82) is 0 Å². The molecule has 2 aromatic carbocycles. The van der Waals surface area contributed by atoms with Gasteiger partial charge in [0.05, 0.1) is 6.61 Å². The predicted octanol–water partition coefficient (Wildman–Crippen LogP) is 4.08. The Hall–Kier alpha value is -3.73. The Morgan fingerprint density at radius 2 is 1.81 bits per heavy atom. The fourth-order valence-corrected chi connectivity index (χ4v) is 5.22. The summed E-state index contributed by atoms with van der Waals surface area (Å²) < 4.78 is 13.2. The van der Waals surface area contributed by atoms with E-state index in [0.717, 1.165) is 36.2 Å². The van der Waals surface area contributed by atoms with Crippen molar-refractivity contribution in [3.05, 3.63) is 95.6 Å². The highest BCUT2D eigenvalue weighted by atomic mass is 19.1. The summed E-state index contributed by atoms with van der Waals surface area (Å²) in [5, 5.41) is 13.1. The topological polar surface area (TPSA) is 68.7 Å². The van der Waals surface area contributed by atoms with Crippen LogP contribution in [0.4, 0.5) is 14.9 Å². The van der Waals surface area contributed by atoms with Crippen LogP contribution in [0.5, 0.6) is 0 Å². The van der Waals surface area contributed by atoms with Gasteiger partial charge in [0, 0.05) is 48.5 Å². The summed E-state index contributed by atoms with van der Waals surface area (Å²) in [4.78, 5) is 21.5. The lowest BCUT2D eigenvalue weighted by Crippen LogP contribution is -2.68. The maximum atomic E-state index is 13.2. The lowest BCUT2D eigenvalue weighted by Gasteiger charge is -2.57. The molecule has 2 aliphatic heterocycles. The molecular weight excluding hydrogens is 455 g/mol. The van der Waals surface area contributed by atoms with Gasteiger partial charge in [-0.15, -0.1) is 0 Å². The number of benzene rings is 2. The van der Waals surface area contributed by atoms with Crippen LogP contribution in [-0.2, 0) is 0 Å². The van der Waals surface area contributed by atoms with Crippen LogP contribution < -0.4 is 5.32 Å². The first-order valence-electron chi connectivity index (χ1n) is 12.3. The fourth-order valence-electron chi connectivity index (χ4n) is 5.22. The van der Waals surface area contributed by atoms with Gasteiger partial charge in [-0.05, 0) is 79.4 Å². The zero-order valence-electron chi connectivity index (χ0n) is 20.0. The Balaban J connectivity index is 1.31. The SMILES string of the molecule is O=C(Nc1ccc(F)cc1)N1CCCCN2[C@@H](CO)[C@H](c3ccc(C#Cc4ccccn4)cc3)[C@@H]2C1. The van der Waals surface area contributed by atoms with E-state index in [4.69, 9.17) is 0 Å². The van der Waals surface area contributed by atoms with Gasteiger partial charge in [-0.2, -0.15) is 0 Å². The molecule has 0 spiro atoms. The summed E-state index contributed by atoms with van der Waals surface area (Å²) in [6.45, 7) is 2.21. The molecule has 3 aromatic rings. The number of hydrogen-bond donors (Lipinski definition) is 2. The molecule has 0 bridgehead atoms. The highest BCUT2D eigenvalue weighted by Gasteiger charge is 2.49. The molecule has 0 radical (unpaired) electrons. The quantitative estimate of drug-likeness (QED) is 0.550. The Labute approximate surface area is 210 Å². The van der Waals surface area contributed by atoms with E-state index < -0.39 is 0 Å². The van der Waals surface area contributed by atoms with Crippen molar-refractivity contribution < 1.29 is 14.3 Å². The number of aliphatic hydroxyl groups is 1. The monoisotopic (exact) mass is 484 g/mol. The molecule has 3 atom stereocenters. The van der Waals surface area contributed by atoms with Crippen LogP contribution in [0.3, 0.4) is 0 Å². The number of aliphatic hydroxyl groups excluding tert-OH is 1. The maximum absolute atomic E-state index is 13.2. The third-order valence-corrected chi connectivity index (χ3v) is 7.05. The van der Waals surface area contributed by atoms with E-state index in [2.05, 4.69) is 39.2 Å². The van der Waals surface area contributed by atoms with E-state index in [0.29, 0.717) is 18.8 Å². The molecule has 2 aliphatic rings. The molecule has 2 amide bonds. The summed E-state index contributed by atoms with van der Waals surface area (Å²) in [6.07, 6.45) is 3.58. The van der Waals surface area contributed by atoms with Crippen LogP contribution >= 0.6 is 0 Å². The first-order valence-corrected chi connectivity index (χ1v) is 12.3. The molecule has 2 N–H and O–H groups in total. The van der Waals surface area contributed by atoms with E-state index >= 15 is 0 Å². The second-order valence-electron chi connectivity index (χ2n) is 9.26. The van der Waals surface area contributed by atoms with Gasteiger partial charge in [0.2, 0.25) is 0 Å². The minimum Gasteiger partial charge on any atom is -0.395 e. The van der Waals surface area contributed by atoms with Crippen molar-refractivity contribution in [2.24, 2.45) is 0 Å². The largest absolute Gasteiger partial charge is 0.395 e. The van der Waals surface area contributed by atoms with Crippen LogP contribution in [0, 0.1) is 17.7 Å². The van der Waals surface area contributed by atoms with Gasteiger partial charge in [-0.25, -0.2) is 14.2 Å². The van der Waals surface area contributed by atoms with Crippen molar-refractivity contribution in [2.45, 2.75) is 30.8 Å². The zero-order valence-corrected chi connectivity index (χ0v) is 20.0. The number of carbonyl (C=O) groups excluding carboxylic acids is 1. The number of fused-ring (bicyclic) bond motifs is 1. The second-order valence-corrected chi connectivity index (χ2v) is 9.26. The molecule has 184 valence electrons. The summed E-state index contributed by atoms with van der Waals surface area (Å²) in [7, 11) is 0. The number of nitrogens with zero attached hydrogens (tertiary/aromatic N) is 3. The number of nitrogens with one attached hydrogen (secondary N) is 1. The van der Waals surface area contributed by atoms with Gasteiger partial charge < -0.3 is 15.3 Å². The van der Waals surface area contributed by atoms with Crippen molar-refractivity contribution in [3.8, 4) is 11.8 Å². The molecular formula is C29H29FN4O2. The molecule has 0 aliphatic carbocycles. The van der Waals surface area contributed by atoms with Crippen molar-refractivity contribution in [3.63, 3.8) is 0 Å². The third-order valence-electron chi connectivity index (χ3n) is 7.05. The van der Waals surface area contributed by atoms with E-state index in [-0.39, 0.29) is 36.5 Å². The van der Waals surface area contributed by atoms with Crippen molar-refractivity contribution in [1.82, 2.24) is 14.8 Å². The van der Waals surface area contributed by atoms with Crippen molar-refractivity contribution in [2.75, 3.05) is 31.6 Å². The fraction of sp³-hybridized carbons (Fsp3) is 0.310. The highest BCUT2D eigenvalue weighted by molar-refractivity contribution is 5.89. The van der Waals surface area contributed by atoms with Gasteiger partial charge in [-0.3, -0.25) is 4.90 Å². The number of urea groups is 1. The average Bonchev–Trinajstić information content (AvgIpc) is 2.89. The summed E-state index contributed by atoms with van der Waals surface area (Å²) in [6, 6.07) is 19.6. The Morgan fingerprint density at radius 1 is 1.03 bits per heavy atom. The van der Waals surface area contributed by atoms with Gasteiger partial charge in [0.1, 0.15) is 11.5 Å². The summed E-state index contributed by atoms with van der Waals surface area (Å²) in [5.41, 5.74) is 3.34. The smallest absolute Gasteiger partial charge is 0.321 e. The van der Waals surface area contributed by atoms with Crippen LogP contribution in [0.2, 0.25) is 0 Å². The molecule has 2 saturated heterocycles. The Bertz CT molecular complexity index is 1240. The molecule has 6 nitrogen and oxygen atoms in total. The molecule has 2 fully saturated rings. The van der Waals surface area contributed by atoms with Crippen molar-refractivity contribution >= 4 is 11.7 Å². The molecule has 0 saturated carbocycles. The number of carbonyl (C=O) groups is 1. The second kappa shape index (κ2) is 10.9. The lowest BCUT2D eigenvalue weighted by molar-refractivity contribution is -0.0585. The number of rotatable bonds is 3. The van der Waals surface area contributed by atoms with E-state index in [9.17, 15) is 14.3 Å². The van der Waals surface area contributed by atoms with Crippen LogP contribution in [0.15, 0.2) is 72.9 Å². The highest BCUT2D eigenvalue weighted by Crippen LogP contribution is 2.42. The first-order chi connectivity index (χ1) is 17.6. The number of amides is 2. The third kappa shape index (κ3) is 5.25. The normalized spacial score (nSPS) is 21.7.